The van der Waals surface area contributed by atoms with Crippen LogP contribution in [0.3, 0.4) is 0 Å². The summed E-state index contributed by atoms with van der Waals surface area (Å²) in [7, 11) is 0. The fraction of sp³-hybridized carbons (Fsp3) is 0.500. The van der Waals surface area contributed by atoms with Gasteiger partial charge in [-0.25, -0.2) is 10.2 Å². The summed E-state index contributed by atoms with van der Waals surface area (Å²) < 4.78 is 5.20. The lowest BCUT2D eigenvalue weighted by molar-refractivity contribution is 0.0486. The van der Waals surface area contributed by atoms with Crippen LogP contribution < -0.4 is 10.9 Å². The Labute approximate surface area is 118 Å². The highest BCUT2D eigenvalue weighted by Crippen LogP contribution is 2.35. The predicted octanol–water partition coefficient (Wildman–Crippen LogP) is 3.25. The van der Waals surface area contributed by atoms with Crippen LogP contribution in [0.2, 0.25) is 0 Å². The van der Waals surface area contributed by atoms with Gasteiger partial charge >= 0.3 is 6.09 Å². The van der Waals surface area contributed by atoms with E-state index >= 15 is 0 Å². The Kier molecular flexibility index (Phi) is 4.37. The first-order valence-electron chi connectivity index (χ1n) is 6.42. The lowest BCUT2D eigenvalue weighted by atomic mass is 10.0. The number of amides is 1. The lowest BCUT2D eigenvalue weighted by Crippen LogP contribution is -2.43. The molecule has 2 rings (SSSR count). The predicted molar refractivity (Wildman–Crippen MR) is 77.0 cm³/mol. The zero-order valence-electron chi connectivity index (χ0n) is 11.5. The molecule has 4 nitrogen and oxygen atoms in total. The van der Waals surface area contributed by atoms with Crippen molar-refractivity contribution in [1.82, 2.24) is 10.9 Å². The molecule has 5 heteroatoms. The summed E-state index contributed by atoms with van der Waals surface area (Å²) in [4.78, 5) is 12.9. The van der Waals surface area contributed by atoms with Crippen LogP contribution in [0.4, 0.5) is 4.79 Å². The standard InChI is InChI=1S/C14H20N2O2S/c1-14(2,3)18-13(17)16-15-11-8-9-19-12-7-5-4-6-10(11)12/h4-7,11,15H,8-9H2,1-3H3,(H,16,17). The number of hydrogen-bond donors (Lipinski definition) is 2. The molecule has 104 valence electrons. The minimum atomic E-state index is -0.480. The zero-order chi connectivity index (χ0) is 13.9. The highest BCUT2D eigenvalue weighted by Gasteiger charge is 2.22. The van der Waals surface area contributed by atoms with Crippen LogP contribution in [0.5, 0.6) is 0 Å². The first kappa shape index (κ1) is 14.2. The smallest absolute Gasteiger partial charge is 0.422 e. The van der Waals surface area contributed by atoms with E-state index in [1.54, 1.807) is 0 Å². The summed E-state index contributed by atoms with van der Waals surface area (Å²) >= 11 is 1.85. The lowest BCUT2D eigenvalue weighted by Gasteiger charge is -2.27. The van der Waals surface area contributed by atoms with Crippen molar-refractivity contribution in [3.05, 3.63) is 29.8 Å². The van der Waals surface area contributed by atoms with E-state index in [1.165, 1.54) is 10.5 Å². The molecule has 0 aliphatic carbocycles. The molecule has 1 amide bonds. The summed E-state index contributed by atoms with van der Waals surface area (Å²) in [6.07, 6.45) is 0.542. The molecule has 0 saturated carbocycles. The molecule has 1 aromatic rings. The van der Waals surface area contributed by atoms with Crippen LogP contribution in [-0.4, -0.2) is 17.4 Å². The molecule has 2 N–H and O–H groups in total. The molecular weight excluding hydrogens is 260 g/mol. The van der Waals surface area contributed by atoms with Gasteiger partial charge in [-0.1, -0.05) is 18.2 Å². The van der Waals surface area contributed by atoms with Gasteiger partial charge in [0.15, 0.2) is 0 Å². The Morgan fingerprint density at radius 1 is 1.37 bits per heavy atom. The molecular formula is C14H20N2O2S. The Morgan fingerprint density at radius 2 is 2.11 bits per heavy atom. The fourth-order valence-corrected chi connectivity index (χ4v) is 3.07. The first-order chi connectivity index (χ1) is 8.96. The van der Waals surface area contributed by atoms with Crippen LogP contribution in [-0.2, 0) is 4.74 Å². The van der Waals surface area contributed by atoms with Crippen molar-refractivity contribution < 1.29 is 9.53 Å². The third kappa shape index (κ3) is 4.14. The summed E-state index contributed by atoms with van der Waals surface area (Å²) in [5.74, 6) is 1.05. The molecule has 0 saturated heterocycles. The number of hydrogen-bond acceptors (Lipinski definition) is 4. The monoisotopic (exact) mass is 280 g/mol. The van der Waals surface area contributed by atoms with Gasteiger partial charge in [-0.3, -0.25) is 5.43 Å². The maximum Gasteiger partial charge on any atom is 0.422 e. The number of ether oxygens (including phenoxy) is 1. The molecule has 1 atom stereocenters. The van der Waals surface area contributed by atoms with Gasteiger partial charge in [-0.05, 0) is 44.6 Å². The van der Waals surface area contributed by atoms with E-state index in [0.29, 0.717) is 0 Å². The number of benzene rings is 1. The van der Waals surface area contributed by atoms with Gasteiger partial charge in [0.05, 0.1) is 6.04 Å². The number of carbonyl (C=O) groups excluding carboxylic acids is 1. The molecule has 0 bridgehead atoms. The van der Waals surface area contributed by atoms with E-state index in [4.69, 9.17) is 4.74 Å². The summed E-state index contributed by atoms with van der Waals surface area (Å²) in [6, 6.07) is 8.41. The molecule has 0 aromatic heterocycles. The Hall–Kier alpha value is -1.20. The third-order valence-electron chi connectivity index (χ3n) is 2.71. The maximum atomic E-state index is 11.6. The van der Waals surface area contributed by atoms with Crippen molar-refractivity contribution in [2.24, 2.45) is 0 Å². The van der Waals surface area contributed by atoms with Gasteiger partial charge in [0.25, 0.3) is 0 Å². The second-order valence-corrected chi connectivity index (χ2v) is 6.64. The van der Waals surface area contributed by atoms with Crippen LogP contribution in [0.1, 0.15) is 38.8 Å². The van der Waals surface area contributed by atoms with Crippen LogP contribution in [0.15, 0.2) is 29.2 Å². The molecule has 0 spiro atoms. The molecule has 1 aliphatic heterocycles. The highest BCUT2D eigenvalue weighted by molar-refractivity contribution is 7.99. The second-order valence-electron chi connectivity index (χ2n) is 5.50. The van der Waals surface area contributed by atoms with E-state index < -0.39 is 11.7 Å². The average Bonchev–Trinajstić information content (AvgIpc) is 2.34. The van der Waals surface area contributed by atoms with Gasteiger partial charge in [0, 0.05) is 4.90 Å². The number of nitrogens with one attached hydrogen (secondary N) is 2. The summed E-state index contributed by atoms with van der Waals surface area (Å²) in [6.45, 7) is 5.54. The Balaban J connectivity index is 1.93. The summed E-state index contributed by atoms with van der Waals surface area (Å²) in [5.41, 5.74) is 6.44. The van der Waals surface area contributed by atoms with Crippen molar-refractivity contribution in [1.29, 1.82) is 0 Å². The van der Waals surface area contributed by atoms with Crippen molar-refractivity contribution >= 4 is 17.9 Å². The molecule has 0 fully saturated rings. The van der Waals surface area contributed by atoms with Gasteiger partial charge < -0.3 is 4.74 Å². The summed E-state index contributed by atoms with van der Waals surface area (Å²) in [5, 5.41) is 0. The Morgan fingerprint density at radius 3 is 2.84 bits per heavy atom. The van der Waals surface area contributed by atoms with E-state index in [0.717, 1.165) is 12.2 Å². The topological polar surface area (TPSA) is 50.4 Å². The molecule has 0 radical (unpaired) electrons. The molecule has 1 aliphatic rings. The van der Waals surface area contributed by atoms with E-state index in [2.05, 4.69) is 23.0 Å². The zero-order valence-corrected chi connectivity index (χ0v) is 12.3. The van der Waals surface area contributed by atoms with E-state index in [-0.39, 0.29) is 6.04 Å². The largest absolute Gasteiger partial charge is 0.443 e. The number of carbonyl (C=O) groups is 1. The minimum Gasteiger partial charge on any atom is -0.443 e. The molecule has 1 heterocycles. The minimum absolute atomic E-state index is 0.143. The number of hydrazine groups is 1. The quantitative estimate of drug-likeness (QED) is 0.816. The van der Waals surface area contributed by atoms with Gasteiger partial charge in [-0.2, -0.15) is 0 Å². The number of rotatable bonds is 2. The normalized spacial score (nSPS) is 18.6. The number of fused-ring (bicyclic) bond motifs is 1. The second kappa shape index (κ2) is 5.84. The van der Waals surface area contributed by atoms with E-state index in [1.807, 2.05) is 44.7 Å². The average molecular weight is 280 g/mol. The van der Waals surface area contributed by atoms with Crippen LogP contribution >= 0.6 is 11.8 Å². The van der Waals surface area contributed by atoms with Crippen molar-refractivity contribution in [3.63, 3.8) is 0 Å². The Bertz CT molecular complexity index is 457. The van der Waals surface area contributed by atoms with Crippen molar-refractivity contribution in [2.75, 3.05) is 5.75 Å². The molecule has 19 heavy (non-hydrogen) atoms. The van der Waals surface area contributed by atoms with Crippen molar-refractivity contribution in [2.45, 2.75) is 43.7 Å². The van der Waals surface area contributed by atoms with Crippen molar-refractivity contribution in [3.8, 4) is 0 Å². The molecule has 1 unspecified atom stereocenters. The van der Waals surface area contributed by atoms with Gasteiger partial charge in [0.2, 0.25) is 0 Å². The SMILES string of the molecule is CC(C)(C)OC(=O)NNC1CCSc2ccccc21. The van der Waals surface area contributed by atoms with Crippen LogP contribution in [0, 0.1) is 0 Å². The number of thioether (sulfide) groups is 1. The highest BCUT2D eigenvalue weighted by atomic mass is 32.2. The van der Waals surface area contributed by atoms with Gasteiger partial charge in [0.1, 0.15) is 5.60 Å². The fourth-order valence-electron chi connectivity index (χ4n) is 1.94. The maximum absolute atomic E-state index is 11.6. The molecule has 1 aromatic carbocycles. The van der Waals surface area contributed by atoms with Gasteiger partial charge in [-0.15, -0.1) is 11.8 Å². The van der Waals surface area contributed by atoms with Crippen LogP contribution in [0.25, 0.3) is 0 Å². The van der Waals surface area contributed by atoms with E-state index in [9.17, 15) is 4.79 Å². The third-order valence-corrected chi connectivity index (χ3v) is 3.83. The first-order valence-corrected chi connectivity index (χ1v) is 7.40.